The van der Waals surface area contributed by atoms with Gasteiger partial charge < -0.3 is 63.8 Å². The summed E-state index contributed by atoms with van der Waals surface area (Å²) in [6.45, 7) is 8.81. The van der Waals surface area contributed by atoms with Gasteiger partial charge >= 0.3 is 13.8 Å². The van der Waals surface area contributed by atoms with Crippen LogP contribution in [0.5, 0.6) is 0 Å². The number of carboxylic acid groups (broad SMARTS) is 1. The highest BCUT2D eigenvalue weighted by atomic mass is 31.2. The van der Waals surface area contributed by atoms with Gasteiger partial charge in [0.25, 0.3) is 0 Å². The second kappa shape index (κ2) is 54.9. The maximum Gasteiger partial charge on any atom is 0.470 e. The zero-order chi connectivity index (χ0) is 65.0. The van der Waals surface area contributed by atoms with Gasteiger partial charge in [0.2, 0.25) is 12.3 Å². The summed E-state index contributed by atoms with van der Waals surface area (Å²) in [6.07, 6.45) is 36.7. The molecule has 1 unspecified atom stereocenters. The predicted molar refractivity (Wildman–Crippen MR) is 351 cm³/mol. The number of aliphatic hydroxyl groups is 1. The Labute approximate surface area is 538 Å². The average molecular weight is 1290 g/mol. The molecule has 0 saturated carbocycles. The first-order chi connectivity index (χ1) is 43.2. The Morgan fingerprint density at radius 1 is 0.539 bits per heavy atom. The SMILES string of the molecule is CCCCCC/C=C\CCCCCCO[C@H](CCCCCCCCCCC)CCO[C@H]1[C@H](OP(=O)(O)O)[C@@H](COC)OC(OC[C@H]2O[C@H](C(=O)O)[C@H](NC(=O)CC(=O)CCCCCCCCCCC)[C@@H](OCCCCCCCCCCCC)[C@@H]2O)[C@@H]1NC=O. The number of carbonyl (C=O) groups excluding carboxylic acids is 3. The summed E-state index contributed by atoms with van der Waals surface area (Å²) in [7, 11) is -3.85. The highest BCUT2D eigenvalue weighted by Gasteiger charge is 2.53. The summed E-state index contributed by atoms with van der Waals surface area (Å²) in [6, 6.07) is -2.67. The number of hydrogen-bond donors (Lipinski definition) is 6. The lowest BCUT2D eigenvalue weighted by atomic mass is 9.92. The first-order valence-corrected chi connectivity index (χ1v) is 37.3. The molecule has 2 fully saturated rings. The molecule has 2 aliphatic heterocycles. The number of Topliss-reactive ketones (excluding diaryl/α,β-unsaturated/α-hetero) is 1. The Morgan fingerprint density at radius 2 is 1.02 bits per heavy atom. The third-order valence-corrected chi connectivity index (χ3v) is 17.8. The number of unbranched alkanes of at least 4 members (excludes halogenated alkanes) is 33. The van der Waals surface area contributed by atoms with Crippen molar-refractivity contribution in [2.45, 2.75) is 365 Å². The molecule has 6 N–H and O–H groups in total. The molecule has 2 rings (SSSR count). The van der Waals surface area contributed by atoms with Gasteiger partial charge in [-0.25, -0.2) is 9.36 Å². The molecular weight excluding hydrogens is 1160 g/mol. The minimum absolute atomic E-state index is 0.0444. The van der Waals surface area contributed by atoms with E-state index in [1.807, 2.05) is 0 Å². The molecule has 0 aromatic heterocycles. The van der Waals surface area contributed by atoms with Crippen molar-refractivity contribution in [1.82, 2.24) is 10.6 Å². The van der Waals surface area contributed by atoms with E-state index in [1.165, 1.54) is 129 Å². The largest absolute Gasteiger partial charge is 0.479 e. The van der Waals surface area contributed by atoms with Crippen LogP contribution >= 0.6 is 7.82 Å². The summed E-state index contributed by atoms with van der Waals surface area (Å²) in [4.78, 5) is 72.7. The van der Waals surface area contributed by atoms with Crippen LogP contribution in [0.15, 0.2) is 12.2 Å². The Kier molecular flexibility index (Phi) is 51.1. The molecule has 522 valence electrons. The molecule has 0 aromatic rings. The van der Waals surface area contributed by atoms with E-state index in [9.17, 15) is 43.7 Å². The number of nitrogens with one attached hydrogen (secondary N) is 2. The van der Waals surface area contributed by atoms with E-state index in [2.05, 4.69) is 50.5 Å². The maximum atomic E-state index is 13.6. The number of rotatable bonds is 62. The summed E-state index contributed by atoms with van der Waals surface area (Å²) in [5, 5.41) is 28.1. The molecule has 0 aliphatic carbocycles. The van der Waals surface area contributed by atoms with E-state index in [-0.39, 0.29) is 38.1 Å². The third-order valence-electron chi connectivity index (χ3n) is 17.3. The minimum Gasteiger partial charge on any atom is -0.479 e. The first kappa shape index (κ1) is 82.7. The molecule has 2 saturated heterocycles. The van der Waals surface area contributed by atoms with E-state index in [1.54, 1.807) is 0 Å². The zero-order valence-corrected chi connectivity index (χ0v) is 57.3. The van der Waals surface area contributed by atoms with Gasteiger partial charge in [0.15, 0.2) is 12.4 Å². The third kappa shape index (κ3) is 40.5. The number of carboxylic acids is 1. The monoisotopic (exact) mass is 1290 g/mol. The van der Waals surface area contributed by atoms with Crippen molar-refractivity contribution in [1.29, 1.82) is 0 Å². The summed E-state index contributed by atoms with van der Waals surface area (Å²) >= 11 is 0. The molecule has 11 atom stereocenters. The lowest BCUT2D eigenvalue weighted by Gasteiger charge is -2.47. The molecule has 19 nitrogen and oxygen atoms in total. The van der Waals surface area contributed by atoms with Gasteiger partial charge in [-0.15, -0.1) is 0 Å². The normalized spacial score (nSPS) is 22.6. The molecule has 2 aliphatic rings. The lowest BCUT2D eigenvalue weighted by molar-refractivity contribution is -0.289. The number of ether oxygens (including phenoxy) is 7. The molecule has 2 heterocycles. The van der Waals surface area contributed by atoms with Crippen molar-refractivity contribution < 1.29 is 81.4 Å². The van der Waals surface area contributed by atoms with Crippen molar-refractivity contribution in [3.05, 3.63) is 12.2 Å². The molecule has 89 heavy (non-hydrogen) atoms. The highest BCUT2D eigenvalue weighted by molar-refractivity contribution is 7.46. The number of phosphoric acid groups is 1. The number of ketones is 1. The van der Waals surface area contributed by atoms with Crippen LogP contribution in [0.25, 0.3) is 0 Å². The number of aliphatic carboxylic acids is 1. The molecular formula is C69H129N2O17P. The van der Waals surface area contributed by atoms with E-state index in [0.717, 1.165) is 116 Å². The average Bonchev–Trinajstić information content (AvgIpc) is 1.18. The smallest absolute Gasteiger partial charge is 0.470 e. The first-order valence-electron chi connectivity index (χ1n) is 35.8. The summed E-state index contributed by atoms with van der Waals surface area (Å²) in [5.74, 6) is -2.43. The molecule has 0 radical (unpaired) electrons. The van der Waals surface area contributed by atoms with Gasteiger partial charge in [0, 0.05) is 33.4 Å². The Hall–Kier alpha value is -2.39. The molecule has 2 amide bonds. The Balaban J connectivity index is 2.30. The van der Waals surface area contributed by atoms with E-state index >= 15 is 0 Å². The molecule has 0 spiro atoms. The molecule has 0 aromatic carbocycles. The summed E-state index contributed by atoms with van der Waals surface area (Å²) < 4.78 is 61.6. The standard InChI is InChI=1S/C69H129N2O17P/c1-6-10-14-18-22-26-28-29-33-36-40-44-49-82-57(47-43-39-35-31-25-21-17-13-9-4)48-51-84-66-62(70-55-72)69(87-59(53-81-5)64(66)88-89(78,79)80)85-54-58-63(75)65(83-50-45-41-37-32-27-23-19-15-11-7-2)61(67(86-58)68(76)77)71-60(74)52-56(73)46-42-38-34-30-24-20-16-12-8-3/h26,28,55,57-59,61-67,69,75H,6-25,27,29-54H2,1-5H3,(H,70,72)(H,71,74)(H,76,77)(H2,78,79,80)/b28-26-/t57-,58-,59-,61-,62-,63-,64-,65-,66-,67+,69?/m1/s1. The number of hydrogen-bond acceptors (Lipinski definition) is 14. The van der Waals surface area contributed by atoms with Crippen LogP contribution in [-0.4, -0.2) is 151 Å². The van der Waals surface area contributed by atoms with E-state index < -0.39 is 93.8 Å². The van der Waals surface area contributed by atoms with Crippen LogP contribution in [0.3, 0.4) is 0 Å². The fourth-order valence-electron chi connectivity index (χ4n) is 12.1. The Morgan fingerprint density at radius 3 is 1.54 bits per heavy atom. The van der Waals surface area contributed by atoms with E-state index in [4.69, 9.17) is 37.7 Å². The van der Waals surface area contributed by atoms with Crippen molar-refractivity contribution >= 4 is 31.9 Å². The number of allylic oxidation sites excluding steroid dienone is 2. The van der Waals surface area contributed by atoms with Gasteiger partial charge in [-0.05, 0) is 57.8 Å². The number of phosphoric ester groups is 1. The number of methoxy groups -OCH3 is 1. The van der Waals surface area contributed by atoms with Gasteiger partial charge in [0.1, 0.15) is 48.4 Å². The van der Waals surface area contributed by atoms with E-state index in [0.29, 0.717) is 32.3 Å². The second-order valence-corrected chi connectivity index (χ2v) is 26.5. The number of amides is 2. The van der Waals surface area contributed by atoms with Crippen molar-refractivity contribution in [2.75, 3.05) is 40.1 Å². The fraction of sp³-hybridized carbons (Fsp3) is 0.913. The van der Waals surface area contributed by atoms with Crippen molar-refractivity contribution in [3.63, 3.8) is 0 Å². The highest BCUT2D eigenvalue weighted by Crippen LogP contribution is 2.42. The van der Waals surface area contributed by atoms with Crippen molar-refractivity contribution in [2.24, 2.45) is 0 Å². The van der Waals surface area contributed by atoms with Crippen LogP contribution in [0.1, 0.15) is 297 Å². The van der Waals surface area contributed by atoms with Gasteiger partial charge in [-0.2, -0.15) is 0 Å². The van der Waals surface area contributed by atoms with Crippen molar-refractivity contribution in [3.8, 4) is 0 Å². The van der Waals surface area contributed by atoms with Crippen LogP contribution in [0, 0.1) is 0 Å². The predicted octanol–water partition coefficient (Wildman–Crippen LogP) is 14.4. The fourth-order valence-corrected chi connectivity index (χ4v) is 12.7. The summed E-state index contributed by atoms with van der Waals surface area (Å²) in [5.41, 5.74) is 0. The quantitative estimate of drug-likeness (QED) is 0.0109. The number of aliphatic hydroxyl groups excluding tert-OH is 1. The topological polar surface area (TPSA) is 264 Å². The molecule has 0 bridgehead atoms. The van der Waals surface area contributed by atoms with Crippen LogP contribution in [0.4, 0.5) is 0 Å². The van der Waals surface area contributed by atoms with Gasteiger partial charge in [-0.3, -0.25) is 18.9 Å². The maximum absolute atomic E-state index is 13.6. The van der Waals surface area contributed by atoms with Crippen LogP contribution in [0.2, 0.25) is 0 Å². The molecule has 20 heteroatoms. The van der Waals surface area contributed by atoms with Crippen LogP contribution < -0.4 is 10.6 Å². The Bertz CT molecular complexity index is 1810. The minimum atomic E-state index is -5.22. The zero-order valence-electron chi connectivity index (χ0n) is 56.4. The number of carbonyl (C=O) groups is 4. The van der Waals surface area contributed by atoms with Gasteiger partial charge in [0.05, 0.1) is 31.8 Å². The lowest BCUT2D eigenvalue weighted by Crippen LogP contribution is -2.68. The van der Waals surface area contributed by atoms with Gasteiger partial charge in [-0.1, -0.05) is 239 Å². The van der Waals surface area contributed by atoms with Crippen LogP contribution in [-0.2, 0) is 61.4 Å². The second-order valence-electron chi connectivity index (χ2n) is 25.3.